The number of aromatic nitrogens is 2. The minimum Gasteiger partial charge on any atom is -0.358 e. The summed E-state index contributed by atoms with van der Waals surface area (Å²) in [7, 11) is 0. The molecule has 0 aliphatic carbocycles. The maximum Gasteiger partial charge on any atom is 0.522 e. The number of nitrogens with zero attached hydrogens (tertiary/aromatic N) is 3. The van der Waals surface area contributed by atoms with Gasteiger partial charge in [-0.1, -0.05) is 11.6 Å². The number of anilines is 1. The Morgan fingerprint density at radius 2 is 2.12 bits per heavy atom. The van der Waals surface area contributed by atoms with Crippen molar-refractivity contribution in [2.75, 3.05) is 18.4 Å². The first-order chi connectivity index (χ1) is 11.7. The average molecular weight is 375 g/mol. The first kappa shape index (κ1) is 17.7. The molecule has 1 aromatic carbocycles. The van der Waals surface area contributed by atoms with Crippen molar-refractivity contribution in [3.05, 3.63) is 29.5 Å². The van der Waals surface area contributed by atoms with Crippen LogP contribution in [0, 0.1) is 0 Å². The third-order valence-electron chi connectivity index (χ3n) is 3.78. The van der Waals surface area contributed by atoms with Crippen molar-refractivity contribution in [1.29, 1.82) is 0 Å². The highest BCUT2D eigenvalue weighted by atomic mass is 35.5. The molecule has 1 fully saturated rings. The number of carbonyl (C=O) groups is 1. The van der Waals surface area contributed by atoms with Gasteiger partial charge in [0, 0.05) is 23.5 Å². The van der Waals surface area contributed by atoms with Crippen molar-refractivity contribution in [2.45, 2.75) is 25.4 Å². The van der Waals surface area contributed by atoms with Gasteiger partial charge in [-0.15, -0.1) is 13.2 Å². The summed E-state index contributed by atoms with van der Waals surface area (Å²) in [6, 6.07) is 4.42. The maximum atomic E-state index is 12.3. The zero-order valence-corrected chi connectivity index (χ0v) is 13.8. The van der Waals surface area contributed by atoms with E-state index in [2.05, 4.69) is 20.0 Å². The van der Waals surface area contributed by atoms with E-state index in [9.17, 15) is 18.0 Å². The molecule has 1 saturated heterocycles. The van der Waals surface area contributed by atoms with Crippen LogP contribution in [0.15, 0.2) is 24.5 Å². The molecule has 0 unspecified atom stereocenters. The molecule has 1 atom stereocenters. The Kier molecular flexibility index (Phi) is 4.70. The molecule has 2 heterocycles. The van der Waals surface area contributed by atoms with Gasteiger partial charge in [-0.25, -0.2) is 9.97 Å². The van der Waals surface area contributed by atoms with Crippen molar-refractivity contribution in [2.24, 2.45) is 0 Å². The number of benzene rings is 1. The van der Waals surface area contributed by atoms with Gasteiger partial charge in [-0.2, -0.15) is 0 Å². The molecule has 25 heavy (non-hydrogen) atoms. The van der Waals surface area contributed by atoms with E-state index in [1.165, 1.54) is 11.2 Å². The fourth-order valence-electron chi connectivity index (χ4n) is 2.57. The van der Waals surface area contributed by atoms with Crippen LogP contribution in [-0.2, 0) is 9.53 Å². The van der Waals surface area contributed by atoms with E-state index >= 15 is 0 Å². The van der Waals surface area contributed by atoms with Gasteiger partial charge in [-0.05, 0) is 25.1 Å². The van der Waals surface area contributed by atoms with E-state index in [4.69, 9.17) is 11.6 Å². The van der Waals surface area contributed by atoms with Gasteiger partial charge >= 0.3 is 6.36 Å². The van der Waals surface area contributed by atoms with Crippen LogP contribution >= 0.6 is 11.6 Å². The molecule has 1 aliphatic rings. The second kappa shape index (κ2) is 6.64. The molecule has 10 heteroatoms. The normalized spacial score (nSPS) is 16.6. The summed E-state index contributed by atoms with van der Waals surface area (Å²) in [6.07, 6.45) is -4.36. The number of alkyl halides is 3. The molecular formula is C15H14ClF3N4O2. The van der Waals surface area contributed by atoms with Gasteiger partial charge in [0.15, 0.2) is 0 Å². The SMILES string of the molecule is C[C@@H](Nc1ncnc2cc(Cl)ccc12)C(=O)N1CC(OC(F)(F)F)C1. The summed E-state index contributed by atoms with van der Waals surface area (Å²) in [5.41, 5.74) is 0.618. The lowest BCUT2D eigenvalue weighted by atomic mass is 10.1. The van der Waals surface area contributed by atoms with Crippen LogP contribution in [-0.4, -0.2) is 52.4 Å². The predicted octanol–water partition coefficient (Wildman–Crippen LogP) is 2.83. The highest BCUT2D eigenvalue weighted by molar-refractivity contribution is 6.31. The number of hydrogen-bond donors (Lipinski definition) is 1. The number of fused-ring (bicyclic) bond motifs is 1. The largest absolute Gasteiger partial charge is 0.522 e. The van der Waals surface area contributed by atoms with Crippen LogP contribution in [0.5, 0.6) is 0 Å². The number of carbonyl (C=O) groups excluding carboxylic acids is 1. The standard InChI is InChI=1S/C15H14ClF3N4O2/c1-8(14(24)23-5-10(6-23)25-15(17,18)19)22-13-11-3-2-9(16)4-12(11)20-7-21-13/h2-4,7-8,10H,5-6H2,1H3,(H,20,21,22)/t8-/m1/s1. The van der Waals surface area contributed by atoms with Gasteiger partial charge in [0.25, 0.3) is 0 Å². The zero-order valence-electron chi connectivity index (χ0n) is 13.0. The summed E-state index contributed by atoms with van der Waals surface area (Å²) in [5, 5.41) is 4.18. The highest BCUT2D eigenvalue weighted by Gasteiger charge is 2.41. The molecule has 0 bridgehead atoms. The molecule has 2 aromatic rings. The molecule has 1 aliphatic heterocycles. The van der Waals surface area contributed by atoms with Gasteiger partial charge < -0.3 is 10.2 Å². The molecule has 0 spiro atoms. The number of ether oxygens (including phenoxy) is 1. The monoisotopic (exact) mass is 374 g/mol. The number of likely N-dealkylation sites (tertiary alicyclic amines) is 1. The van der Waals surface area contributed by atoms with E-state index in [0.717, 1.165) is 0 Å². The lowest BCUT2D eigenvalue weighted by molar-refractivity contribution is -0.353. The van der Waals surface area contributed by atoms with E-state index in [1.807, 2.05) is 0 Å². The van der Waals surface area contributed by atoms with Gasteiger partial charge in [-0.3, -0.25) is 9.53 Å². The van der Waals surface area contributed by atoms with E-state index < -0.39 is 18.5 Å². The number of nitrogens with one attached hydrogen (secondary N) is 1. The molecule has 3 rings (SSSR count). The number of rotatable bonds is 4. The lowest BCUT2D eigenvalue weighted by Gasteiger charge is -2.40. The van der Waals surface area contributed by atoms with Crippen LogP contribution in [0.25, 0.3) is 10.9 Å². The topological polar surface area (TPSA) is 67.4 Å². The third-order valence-corrected chi connectivity index (χ3v) is 4.02. The van der Waals surface area contributed by atoms with Crippen molar-refractivity contribution < 1.29 is 22.7 Å². The van der Waals surface area contributed by atoms with E-state index in [0.29, 0.717) is 21.7 Å². The van der Waals surface area contributed by atoms with Crippen LogP contribution < -0.4 is 5.32 Å². The Labute approximate surface area is 145 Å². The van der Waals surface area contributed by atoms with Crippen molar-refractivity contribution >= 4 is 34.2 Å². The van der Waals surface area contributed by atoms with Crippen LogP contribution in [0.4, 0.5) is 19.0 Å². The lowest BCUT2D eigenvalue weighted by Crippen LogP contribution is -2.59. The second-order valence-corrected chi connectivity index (χ2v) is 6.12. The Morgan fingerprint density at radius 1 is 1.40 bits per heavy atom. The van der Waals surface area contributed by atoms with Gasteiger partial charge in [0.1, 0.15) is 24.3 Å². The molecule has 1 N–H and O–H groups in total. The first-order valence-corrected chi connectivity index (χ1v) is 7.81. The van der Waals surface area contributed by atoms with E-state index in [1.54, 1.807) is 25.1 Å². The Balaban J connectivity index is 1.63. The maximum absolute atomic E-state index is 12.3. The molecule has 134 valence electrons. The molecule has 6 nitrogen and oxygen atoms in total. The zero-order chi connectivity index (χ0) is 18.2. The Morgan fingerprint density at radius 3 is 2.80 bits per heavy atom. The van der Waals surface area contributed by atoms with Crippen LogP contribution in [0.3, 0.4) is 0 Å². The second-order valence-electron chi connectivity index (χ2n) is 5.68. The summed E-state index contributed by atoms with van der Waals surface area (Å²) >= 11 is 5.92. The van der Waals surface area contributed by atoms with Crippen molar-refractivity contribution in [1.82, 2.24) is 14.9 Å². The third kappa shape index (κ3) is 4.10. The molecule has 0 saturated carbocycles. The number of hydrogen-bond acceptors (Lipinski definition) is 5. The predicted molar refractivity (Wildman–Crippen MR) is 85.1 cm³/mol. The Bertz CT molecular complexity index is 796. The van der Waals surface area contributed by atoms with Crippen molar-refractivity contribution in [3.63, 3.8) is 0 Å². The molecule has 1 amide bonds. The number of halogens is 4. The fourth-order valence-corrected chi connectivity index (χ4v) is 2.73. The number of amides is 1. The van der Waals surface area contributed by atoms with E-state index in [-0.39, 0.29) is 19.0 Å². The minimum atomic E-state index is -4.69. The summed E-state index contributed by atoms with van der Waals surface area (Å²) in [6.45, 7) is 1.43. The minimum absolute atomic E-state index is 0.0928. The summed E-state index contributed by atoms with van der Waals surface area (Å²) in [4.78, 5) is 21.8. The van der Waals surface area contributed by atoms with Crippen LogP contribution in [0.2, 0.25) is 5.02 Å². The molecular weight excluding hydrogens is 361 g/mol. The highest BCUT2D eigenvalue weighted by Crippen LogP contribution is 2.26. The van der Waals surface area contributed by atoms with Gasteiger partial charge in [0.05, 0.1) is 5.52 Å². The quantitative estimate of drug-likeness (QED) is 0.891. The fraction of sp³-hybridized carbons (Fsp3) is 0.400. The van der Waals surface area contributed by atoms with Crippen LogP contribution in [0.1, 0.15) is 6.92 Å². The van der Waals surface area contributed by atoms with Gasteiger partial charge in [0.2, 0.25) is 5.91 Å². The van der Waals surface area contributed by atoms with Crippen molar-refractivity contribution in [3.8, 4) is 0 Å². The molecule has 0 radical (unpaired) electrons. The summed E-state index contributed by atoms with van der Waals surface area (Å²) in [5.74, 6) is 0.119. The summed E-state index contributed by atoms with van der Waals surface area (Å²) < 4.78 is 40.2. The first-order valence-electron chi connectivity index (χ1n) is 7.43. The smallest absolute Gasteiger partial charge is 0.358 e. The average Bonchev–Trinajstić information content (AvgIpc) is 2.48. The molecule has 1 aromatic heterocycles. The Hall–Kier alpha value is -2.13.